The first-order valence-corrected chi connectivity index (χ1v) is 9.49. The number of amidine groups is 1. The number of aliphatic imine (C=N–C) groups is 1. The summed E-state index contributed by atoms with van der Waals surface area (Å²) in [4.78, 5) is 20.5. The molecule has 0 aromatic heterocycles. The fraction of sp³-hybridized carbons (Fsp3) is 0.167. The van der Waals surface area contributed by atoms with E-state index in [-0.39, 0.29) is 5.91 Å². The summed E-state index contributed by atoms with van der Waals surface area (Å²) in [5, 5.41) is 3.03. The molecule has 0 saturated heterocycles. The van der Waals surface area contributed by atoms with Crippen molar-refractivity contribution in [3.8, 4) is 0 Å². The van der Waals surface area contributed by atoms with Gasteiger partial charge in [0.2, 0.25) is 0 Å². The van der Waals surface area contributed by atoms with Crippen LogP contribution in [0.2, 0.25) is 0 Å². The van der Waals surface area contributed by atoms with Crippen molar-refractivity contribution in [2.45, 2.75) is 12.5 Å². The number of rotatable bonds is 5. The lowest BCUT2D eigenvalue weighted by Gasteiger charge is -2.24. The Balaban J connectivity index is 1.87. The third-order valence-corrected chi connectivity index (χ3v) is 5.26. The Kier molecular flexibility index (Phi) is 4.70. The molecule has 1 aliphatic heterocycles. The minimum atomic E-state index is -1.08. The number of benzene rings is 3. The van der Waals surface area contributed by atoms with E-state index in [9.17, 15) is 4.79 Å². The molecule has 0 spiro atoms. The molecular formula is C24H23N3O. The second-order valence-corrected chi connectivity index (χ2v) is 6.92. The number of nitrogens with one attached hydrogen (secondary N) is 1. The molecule has 0 bridgehead atoms. The van der Waals surface area contributed by atoms with E-state index in [1.807, 2.05) is 79.8 Å². The summed E-state index contributed by atoms with van der Waals surface area (Å²) in [7, 11) is 2.05. The third-order valence-electron chi connectivity index (χ3n) is 5.26. The van der Waals surface area contributed by atoms with Crippen molar-refractivity contribution in [2.24, 2.45) is 4.99 Å². The molecule has 1 amide bonds. The van der Waals surface area contributed by atoms with Gasteiger partial charge >= 0.3 is 0 Å². The molecule has 28 heavy (non-hydrogen) atoms. The molecule has 0 fully saturated rings. The smallest absolute Gasteiger partial charge is 0.262 e. The van der Waals surface area contributed by atoms with Crippen molar-refractivity contribution >= 4 is 17.4 Å². The van der Waals surface area contributed by atoms with E-state index < -0.39 is 5.54 Å². The molecule has 1 heterocycles. The van der Waals surface area contributed by atoms with Gasteiger partial charge in [0, 0.05) is 24.8 Å². The number of carbonyl (C=O) groups is 1. The molecule has 4 rings (SSSR count). The summed E-state index contributed by atoms with van der Waals surface area (Å²) >= 11 is 0. The minimum Gasteiger partial charge on any atom is -0.375 e. The van der Waals surface area contributed by atoms with E-state index in [0.29, 0.717) is 5.84 Å². The van der Waals surface area contributed by atoms with Crippen molar-refractivity contribution in [2.75, 3.05) is 18.5 Å². The Hall–Kier alpha value is -3.40. The Morgan fingerprint density at radius 1 is 0.893 bits per heavy atom. The molecule has 0 unspecified atom stereocenters. The number of carbonyl (C=O) groups excluding carboxylic acids is 1. The van der Waals surface area contributed by atoms with Gasteiger partial charge in [-0.25, -0.2) is 4.99 Å². The van der Waals surface area contributed by atoms with E-state index in [0.717, 1.165) is 28.9 Å². The summed E-state index contributed by atoms with van der Waals surface area (Å²) in [6, 6.07) is 27.6. The van der Waals surface area contributed by atoms with Gasteiger partial charge < -0.3 is 10.2 Å². The van der Waals surface area contributed by atoms with Crippen molar-refractivity contribution in [1.82, 2.24) is 5.32 Å². The molecule has 3 aromatic rings. The highest BCUT2D eigenvalue weighted by molar-refractivity contribution is 6.17. The molecule has 0 aliphatic carbocycles. The van der Waals surface area contributed by atoms with Crippen molar-refractivity contribution in [3.63, 3.8) is 0 Å². The summed E-state index contributed by atoms with van der Waals surface area (Å²) in [5.41, 5.74) is 2.63. The zero-order valence-electron chi connectivity index (χ0n) is 16.1. The summed E-state index contributed by atoms with van der Waals surface area (Å²) < 4.78 is 0. The van der Waals surface area contributed by atoms with Crippen LogP contribution < -0.4 is 10.2 Å². The molecule has 0 atom stereocenters. The topological polar surface area (TPSA) is 44.7 Å². The normalized spacial score (nSPS) is 15.1. The molecule has 4 heteroatoms. The first kappa shape index (κ1) is 18.0. The van der Waals surface area contributed by atoms with Crippen molar-refractivity contribution in [3.05, 3.63) is 102 Å². The minimum absolute atomic E-state index is 0.130. The first-order valence-electron chi connectivity index (χ1n) is 9.49. The monoisotopic (exact) mass is 369 g/mol. The fourth-order valence-corrected chi connectivity index (χ4v) is 3.57. The highest BCUT2D eigenvalue weighted by Crippen LogP contribution is 2.37. The number of anilines is 1. The number of hydrogen-bond donors (Lipinski definition) is 1. The van der Waals surface area contributed by atoms with Gasteiger partial charge in [-0.05, 0) is 30.2 Å². The predicted octanol–water partition coefficient (Wildman–Crippen LogP) is 3.96. The van der Waals surface area contributed by atoms with Crippen LogP contribution in [0.4, 0.5) is 5.69 Å². The molecule has 0 saturated carbocycles. The summed E-state index contributed by atoms with van der Waals surface area (Å²) in [5.74, 6) is 0.471. The van der Waals surface area contributed by atoms with Crippen LogP contribution in [0.25, 0.3) is 0 Å². The van der Waals surface area contributed by atoms with Gasteiger partial charge in [-0.2, -0.15) is 0 Å². The number of amides is 1. The number of nitrogens with zero attached hydrogens (tertiary/aromatic N) is 2. The van der Waals surface area contributed by atoms with Gasteiger partial charge in [0.1, 0.15) is 5.84 Å². The van der Waals surface area contributed by atoms with Crippen LogP contribution in [0.15, 0.2) is 89.9 Å². The van der Waals surface area contributed by atoms with Crippen LogP contribution in [-0.4, -0.2) is 25.3 Å². The molecule has 3 aromatic carbocycles. The molecule has 0 radical (unpaired) electrons. The van der Waals surface area contributed by atoms with Gasteiger partial charge in [0.05, 0.1) is 0 Å². The molecule has 1 N–H and O–H groups in total. The number of hydrogen-bond acceptors (Lipinski definition) is 3. The van der Waals surface area contributed by atoms with E-state index in [4.69, 9.17) is 4.99 Å². The second-order valence-electron chi connectivity index (χ2n) is 6.92. The van der Waals surface area contributed by atoms with Crippen LogP contribution in [0.1, 0.15) is 23.6 Å². The van der Waals surface area contributed by atoms with E-state index in [1.165, 1.54) is 0 Å². The van der Waals surface area contributed by atoms with E-state index in [1.54, 1.807) is 0 Å². The Morgan fingerprint density at radius 3 is 2.07 bits per heavy atom. The second kappa shape index (κ2) is 7.31. The lowest BCUT2D eigenvalue weighted by molar-refractivity contribution is -0.122. The van der Waals surface area contributed by atoms with Crippen LogP contribution >= 0.6 is 0 Å². The standard InChI is InChI=1S/C24H23N3O/c1-3-27(2)21-16-10-11-18(17-21)22-25-23(28)24(26-22,19-12-6-4-7-13-19)20-14-8-5-9-15-20/h4-17H,3H2,1-2H3,(H,25,26,28). The summed E-state index contributed by atoms with van der Waals surface area (Å²) in [6.07, 6.45) is 0. The van der Waals surface area contributed by atoms with Crippen molar-refractivity contribution < 1.29 is 4.79 Å². The van der Waals surface area contributed by atoms with Gasteiger partial charge in [-0.1, -0.05) is 72.8 Å². The third kappa shape index (κ3) is 2.97. The molecule has 1 aliphatic rings. The average molecular weight is 369 g/mol. The van der Waals surface area contributed by atoms with E-state index in [2.05, 4.69) is 29.3 Å². The van der Waals surface area contributed by atoms with Crippen LogP contribution in [0.5, 0.6) is 0 Å². The first-order chi connectivity index (χ1) is 13.6. The Labute approximate surface area is 165 Å². The van der Waals surface area contributed by atoms with Crippen LogP contribution in [0, 0.1) is 0 Å². The predicted molar refractivity (Wildman–Crippen MR) is 114 cm³/mol. The van der Waals surface area contributed by atoms with Gasteiger partial charge in [0.25, 0.3) is 5.91 Å². The molecule has 140 valence electrons. The highest BCUT2D eigenvalue weighted by atomic mass is 16.2. The van der Waals surface area contributed by atoms with Gasteiger partial charge in [-0.15, -0.1) is 0 Å². The van der Waals surface area contributed by atoms with Gasteiger partial charge in [-0.3, -0.25) is 4.79 Å². The SMILES string of the molecule is CCN(C)c1cccc(C2=NC(c3ccccc3)(c3ccccc3)C(=O)N2)c1. The lowest BCUT2D eigenvalue weighted by atomic mass is 9.83. The zero-order valence-corrected chi connectivity index (χ0v) is 16.1. The maximum Gasteiger partial charge on any atom is 0.262 e. The van der Waals surface area contributed by atoms with Gasteiger partial charge in [0.15, 0.2) is 5.54 Å². The Bertz CT molecular complexity index is 973. The largest absolute Gasteiger partial charge is 0.375 e. The van der Waals surface area contributed by atoms with Crippen LogP contribution in [0.3, 0.4) is 0 Å². The average Bonchev–Trinajstić information content (AvgIpc) is 3.12. The van der Waals surface area contributed by atoms with Crippen molar-refractivity contribution in [1.29, 1.82) is 0 Å². The highest BCUT2D eigenvalue weighted by Gasteiger charge is 2.46. The fourth-order valence-electron chi connectivity index (χ4n) is 3.57. The summed E-state index contributed by atoms with van der Waals surface area (Å²) in [6.45, 7) is 3.01. The maximum absolute atomic E-state index is 13.3. The lowest BCUT2D eigenvalue weighted by Crippen LogP contribution is -2.38. The zero-order chi connectivity index (χ0) is 19.6. The maximum atomic E-state index is 13.3. The van der Waals surface area contributed by atoms with Crippen LogP contribution in [-0.2, 0) is 10.3 Å². The molecular weight excluding hydrogens is 346 g/mol. The Morgan fingerprint density at radius 2 is 1.50 bits per heavy atom. The quantitative estimate of drug-likeness (QED) is 0.740. The van der Waals surface area contributed by atoms with E-state index >= 15 is 0 Å². The molecule has 4 nitrogen and oxygen atoms in total.